The van der Waals surface area contributed by atoms with E-state index in [1.54, 1.807) is 6.92 Å². The molecule has 0 aliphatic carbocycles. The van der Waals surface area contributed by atoms with E-state index in [1.165, 1.54) is 0 Å². The van der Waals surface area contributed by atoms with Crippen molar-refractivity contribution in [3.8, 4) is 0 Å². The lowest BCUT2D eigenvalue weighted by Crippen LogP contribution is -1.90. The van der Waals surface area contributed by atoms with Gasteiger partial charge in [0.2, 0.25) is 0 Å². The molecular formula is C5H3ClFN2. The second-order valence-electron chi connectivity index (χ2n) is 1.49. The molecule has 0 atom stereocenters. The Labute approximate surface area is 56.7 Å². The van der Waals surface area contributed by atoms with Crippen LogP contribution in [0.25, 0.3) is 0 Å². The molecule has 0 saturated heterocycles. The molecular weight excluding hydrogens is 143 g/mol. The first-order chi connectivity index (χ1) is 4.20. The summed E-state index contributed by atoms with van der Waals surface area (Å²) in [6, 6.07) is 0. The van der Waals surface area contributed by atoms with Crippen molar-refractivity contribution in [1.82, 2.24) is 9.97 Å². The van der Waals surface area contributed by atoms with Crippen molar-refractivity contribution in [2.24, 2.45) is 0 Å². The van der Waals surface area contributed by atoms with E-state index < -0.39 is 5.82 Å². The summed E-state index contributed by atoms with van der Waals surface area (Å²) < 4.78 is 12.2. The lowest BCUT2D eigenvalue weighted by Gasteiger charge is -1.90. The van der Waals surface area contributed by atoms with Gasteiger partial charge in [-0.05, 0) is 6.92 Å². The van der Waals surface area contributed by atoms with Crippen LogP contribution in [0, 0.1) is 18.9 Å². The van der Waals surface area contributed by atoms with Crippen LogP contribution in [0.5, 0.6) is 0 Å². The highest BCUT2D eigenvalue weighted by molar-refractivity contribution is 6.29. The predicted molar refractivity (Wildman–Crippen MR) is 30.6 cm³/mol. The topological polar surface area (TPSA) is 25.8 Å². The Kier molecular flexibility index (Phi) is 1.62. The molecule has 0 unspecified atom stereocenters. The van der Waals surface area contributed by atoms with Gasteiger partial charge in [0.1, 0.15) is 12.0 Å². The van der Waals surface area contributed by atoms with Gasteiger partial charge < -0.3 is 0 Å². The minimum atomic E-state index is -0.706. The normalized spacial score (nSPS) is 9.67. The third-order valence-corrected chi connectivity index (χ3v) is 1.01. The molecule has 1 heterocycles. The number of aromatic nitrogens is 2. The van der Waals surface area contributed by atoms with Gasteiger partial charge in [0.15, 0.2) is 11.0 Å². The molecule has 47 valence electrons. The van der Waals surface area contributed by atoms with Crippen LogP contribution in [-0.4, -0.2) is 9.97 Å². The predicted octanol–water partition coefficient (Wildman–Crippen LogP) is 1.38. The zero-order chi connectivity index (χ0) is 6.85. The fourth-order valence-corrected chi connectivity index (χ4v) is 0.557. The largest absolute Gasteiger partial charge is 0.228 e. The summed E-state index contributed by atoms with van der Waals surface area (Å²) in [5, 5.41) is -0.178. The van der Waals surface area contributed by atoms with Gasteiger partial charge in [0.05, 0.1) is 0 Å². The van der Waals surface area contributed by atoms with E-state index in [-0.39, 0.29) is 5.15 Å². The van der Waals surface area contributed by atoms with Crippen LogP contribution in [0.15, 0.2) is 0 Å². The number of nitrogens with zero attached hydrogens (tertiary/aromatic N) is 2. The fraction of sp³-hybridized carbons (Fsp3) is 0.200. The molecule has 0 aromatic carbocycles. The van der Waals surface area contributed by atoms with Crippen molar-refractivity contribution in [3.63, 3.8) is 0 Å². The summed E-state index contributed by atoms with van der Waals surface area (Å²) in [5.41, 5.74) is 0. The lowest BCUT2D eigenvalue weighted by atomic mass is 10.6. The van der Waals surface area contributed by atoms with Crippen molar-refractivity contribution in [2.45, 2.75) is 6.92 Å². The molecule has 4 heteroatoms. The highest BCUT2D eigenvalue weighted by atomic mass is 35.5. The van der Waals surface area contributed by atoms with Crippen molar-refractivity contribution < 1.29 is 4.39 Å². The summed E-state index contributed by atoms with van der Waals surface area (Å²) >= 11 is 5.26. The van der Waals surface area contributed by atoms with E-state index in [1.807, 2.05) is 0 Å². The zero-order valence-corrected chi connectivity index (χ0v) is 5.41. The zero-order valence-electron chi connectivity index (χ0n) is 4.65. The molecule has 0 fully saturated rings. The second kappa shape index (κ2) is 2.27. The van der Waals surface area contributed by atoms with Crippen LogP contribution in [0.4, 0.5) is 4.39 Å². The Balaban J connectivity index is 3.17. The molecule has 0 aliphatic rings. The first-order valence-electron chi connectivity index (χ1n) is 2.27. The molecule has 0 saturated carbocycles. The minimum Gasteiger partial charge on any atom is -0.228 e. The minimum absolute atomic E-state index is 0.178. The smallest absolute Gasteiger partial charge is 0.188 e. The van der Waals surface area contributed by atoms with Crippen molar-refractivity contribution in [3.05, 3.63) is 23.0 Å². The number of halogens is 2. The lowest BCUT2D eigenvalue weighted by molar-refractivity contribution is 0.608. The molecule has 0 spiro atoms. The molecule has 0 bridgehead atoms. The maximum atomic E-state index is 12.2. The molecule has 0 aliphatic heterocycles. The van der Waals surface area contributed by atoms with E-state index in [0.29, 0.717) is 5.82 Å². The third kappa shape index (κ3) is 1.36. The van der Waals surface area contributed by atoms with E-state index in [4.69, 9.17) is 11.6 Å². The Morgan fingerprint density at radius 3 is 2.78 bits per heavy atom. The van der Waals surface area contributed by atoms with E-state index in [9.17, 15) is 4.39 Å². The Hall–Kier alpha value is -0.700. The van der Waals surface area contributed by atoms with Gasteiger partial charge in [0.25, 0.3) is 0 Å². The van der Waals surface area contributed by atoms with Gasteiger partial charge in [-0.2, -0.15) is 0 Å². The molecule has 9 heavy (non-hydrogen) atoms. The Morgan fingerprint density at radius 1 is 1.67 bits per heavy atom. The quantitative estimate of drug-likeness (QED) is 0.516. The van der Waals surface area contributed by atoms with Crippen molar-refractivity contribution >= 4 is 11.6 Å². The summed E-state index contributed by atoms with van der Waals surface area (Å²) in [4.78, 5) is 6.97. The maximum absolute atomic E-state index is 12.2. The van der Waals surface area contributed by atoms with E-state index >= 15 is 0 Å². The first kappa shape index (κ1) is 6.42. The first-order valence-corrected chi connectivity index (χ1v) is 2.65. The summed E-state index contributed by atoms with van der Waals surface area (Å²) in [5.74, 6) is -0.288. The number of hydrogen-bond acceptors (Lipinski definition) is 2. The molecule has 0 amide bonds. The average Bonchev–Trinajstić information content (AvgIpc) is 1.80. The van der Waals surface area contributed by atoms with Gasteiger partial charge in [-0.1, -0.05) is 11.6 Å². The summed E-state index contributed by atoms with van der Waals surface area (Å²) in [6.07, 6.45) is 2.06. The van der Waals surface area contributed by atoms with Crippen LogP contribution in [0.3, 0.4) is 0 Å². The Bertz CT molecular complexity index is 226. The van der Waals surface area contributed by atoms with Gasteiger partial charge in [0, 0.05) is 0 Å². The second-order valence-corrected chi connectivity index (χ2v) is 1.85. The molecule has 1 aromatic heterocycles. The van der Waals surface area contributed by atoms with Crippen LogP contribution < -0.4 is 0 Å². The monoisotopic (exact) mass is 145 g/mol. The third-order valence-electron chi connectivity index (χ3n) is 0.757. The fourth-order valence-electron chi connectivity index (χ4n) is 0.392. The highest BCUT2D eigenvalue weighted by Crippen LogP contribution is 2.07. The number of rotatable bonds is 0. The number of hydrogen-bond donors (Lipinski definition) is 0. The van der Waals surface area contributed by atoms with Crippen LogP contribution in [-0.2, 0) is 0 Å². The maximum Gasteiger partial charge on any atom is 0.188 e. The summed E-state index contributed by atoms with van der Waals surface area (Å²) in [7, 11) is 0. The van der Waals surface area contributed by atoms with Crippen LogP contribution in [0.1, 0.15) is 5.82 Å². The standard InChI is InChI=1S/C5H3ClFN2/c1-3-8-2-4(7)5(6)9-3/h1H3. The van der Waals surface area contributed by atoms with Crippen LogP contribution >= 0.6 is 11.6 Å². The van der Waals surface area contributed by atoms with Crippen molar-refractivity contribution in [1.29, 1.82) is 0 Å². The summed E-state index contributed by atoms with van der Waals surface area (Å²) in [6.45, 7) is 1.61. The van der Waals surface area contributed by atoms with E-state index in [0.717, 1.165) is 0 Å². The van der Waals surface area contributed by atoms with Gasteiger partial charge >= 0.3 is 0 Å². The Morgan fingerprint density at radius 2 is 2.33 bits per heavy atom. The molecule has 1 aromatic rings. The molecule has 0 N–H and O–H groups in total. The molecule has 2 nitrogen and oxygen atoms in total. The van der Waals surface area contributed by atoms with Gasteiger partial charge in [-0.3, -0.25) is 0 Å². The molecule has 1 rings (SSSR count). The average molecular weight is 146 g/mol. The van der Waals surface area contributed by atoms with Gasteiger partial charge in [-0.25, -0.2) is 14.4 Å². The highest BCUT2D eigenvalue weighted by Gasteiger charge is 1.99. The van der Waals surface area contributed by atoms with Crippen LogP contribution in [0.2, 0.25) is 5.15 Å². The SMILES string of the molecule is Cc1n[c]c(F)c(Cl)n1. The van der Waals surface area contributed by atoms with Crippen molar-refractivity contribution in [2.75, 3.05) is 0 Å². The van der Waals surface area contributed by atoms with Gasteiger partial charge in [-0.15, -0.1) is 0 Å². The van der Waals surface area contributed by atoms with E-state index in [2.05, 4.69) is 16.2 Å². The molecule has 1 radical (unpaired) electrons. The number of aryl methyl sites for hydroxylation is 1.